The summed E-state index contributed by atoms with van der Waals surface area (Å²) in [6, 6.07) is 7.82. The molecule has 0 radical (unpaired) electrons. The van der Waals surface area contributed by atoms with E-state index in [9.17, 15) is 9.59 Å². The van der Waals surface area contributed by atoms with E-state index in [4.69, 9.17) is 4.74 Å². The summed E-state index contributed by atoms with van der Waals surface area (Å²) < 4.78 is 5.06. The lowest BCUT2D eigenvalue weighted by Gasteiger charge is -2.29. The predicted octanol–water partition coefficient (Wildman–Crippen LogP) is 2.21. The fourth-order valence-electron chi connectivity index (χ4n) is 3.34. The molecule has 0 aliphatic carbocycles. The Morgan fingerprint density at radius 1 is 1.00 bits per heavy atom. The maximum Gasteiger partial charge on any atom is 0.277 e. The number of hydrogen-bond acceptors (Lipinski definition) is 4. The Bertz CT molecular complexity index is 658. The molecule has 0 N–H and O–H groups in total. The Kier molecular flexibility index (Phi) is 5.00. The molecule has 1 fully saturated rings. The van der Waals surface area contributed by atoms with Gasteiger partial charge in [0.1, 0.15) is 5.70 Å². The van der Waals surface area contributed by atoms with Gasteiger partial charge in [-0.1, -0.05) is 29.8 Å². The molecule has 0 atom stereocenters. The van der Waals surface area contributed by atoms with Crippen LogP contribution in [0.2, 0.25) is 0 Å². The first-order valence-corrected chi connectivity index (χ1v) is 8.55. The van der Waals surface area contributed by atoms with Crippen LogP contribution in [0.25, 0.3) is 5.57 Å². The van der Waals surface area contributed by atoms with E-state index < -0.39 is 0 Å². The highest BCUT2D eigenvalue weighted by molar-refractivity contribution is 6.35. The number of methoxy groups -OCH3 is 1. The number of carbonyl (C=O) groups excluding carboxylic acids is 2. The van der Waals surface area contributed by atoms with Crippen LogP contribution in [0.15, 0.2) is 30.0 Å². The lowest BCUT2D eigenvalue weighted by atomic mass is 10.0. The van der Waals surface area contributed by atoms with Gasteiger partial charge in [0.2, 0.25) is 0 Å². The maximum absolute atomic E-state index is 12.9. The summed E-state index contributed by atoms with van der Waals surface area (Å²) in [7, 11) is 1.57. The van der Waals surface area contributed by atoms with Gasteiger partial charge in [-0.15, -0.1) is 0 Å². The number of ether oxygens (including phenoxy) is 1. The van der Waals surface area contributed by atoms with E-state index in [1.807, 2.05) is 31.2 Å². The van der Waals surface area contributed by atoms with Crippen molar-refractivity contribution in [3.05, 3.63) is 41.1 Å². The quantitative estimate of drug-likeness (QED) is 0.778. The fourth-order valence-corrected chi connectivity index (χ4v) is 3.34. The van der Waals surface area contributed by atoms with Crippen molar-refractivity contribution >= 4 is 17.4 Å². The zero-order valence-electron chi connectivity index (χ0n) is 14.4. The number of likely N-dealkylation sites (tertiary alicyclic amines) is 1. The average molecular weight is 328 g/mol. The first-order valence-electron chi connectivity index (χ1n) is 8.55. The summed E-state index contributed by atoms with van der Waals surface area (Å²) in [6.07, 6.45) is 3.30. The van der Waals surface area contributed by atoms with Gasteiger partial charge >= 0.3 is 0 Å². The third-order valence-corrected chi connectivity index (χ3v) is 4.68. The molecule has 0 bridgehead atoms. The van der Waals surface area contributed by atoms with E-state index in [2.05, 4.69) is 4.90 Å². The van der Waals surface area contributed by atoms with Gasteiger partial charge in [-0.3, -0.25) is 14.5 Å². The second kappa shape index (κ2) is 7.18. The Labute approximate surface area is 142 Å². The Balaban J connectivity index is 2.01. The fraction of sp³-hybridized carbons (Fsp3) is 0.474. The number of nitrogens with zero attached hydrogens (tertiary/aromatic N) is 2. The topological polar surface area (TPSA) is 49.9 Å². The molecular formula is C19H24N2O3. The third-order valence-electron chi connectivity index (χ3n) is 4.68. The van der Waals surface area contributed by atoms with E-state index in [0.717, 1.165) is 37.1 Å². The zero-order chi connectivity index (χ0) is 17.1. The molecule has 3 rings (SSSR count). The van der Waals surface area contributed by atoms with Gasteiger partial charge in [0.05, 0.1) is 18.7 Å². The third kappa shape index (κ3) is 3.08. The Hall–Kier alpha value is -2.14. The molecule has 0 aromatic heterocycles. The maximum atomic E-state index is 12.9. The van der Waals surface area contributed by atoms with Crippen LogP contribution in [0.1, 0.15) is 30.4 Å². The molecule has 0 saturated carbocycles. The molecule has 5 heteroatoms. The van der Waals surface area contributed by atoms with Crippen molar-refractivity contribution in [1.82, 2.24) is 9.80 Å². The molecule has 5 nitrogen and oxygen atoms in total. The molecule has 128 valence electrons. The van der Waals surface area contributed by atoms with Gasteiger partial charge in [0.15, 0.2) is 0 Å². The smallest absolute Gasteiger partial charge is 0.277 e. The minimum absolute atomic E-state index is 0.186. The molecule has 24 heavy (non-hydrogen) atoms. The van der Waals surface area contributed by atoms with Crippen molar-refractivity contribution in [3.63, 3.8) is 0 Å². The molecule has 2 aliphatic heterocycles. The van der Waals surface area contributed by atoms with Crippen molar-refractivity contribution in [2.45, 2.75) is 26.2 Å². The van der Waals surface area contributed by atoms with Gasteiger partial charge in [-0.05, 0) is 31.7 Å². The van der Waals surface area contributed by atoms with Crippen molar-refractivity contribution in [2.75, 3.05) is 33.4 Å². The number of imide groups is 1. The minimum atomic E-state index is -0.207. The zero-order valence-corrected chi connectivity index (χ0v) is 14.4. The van der Waals surface area contributed by atoms with Gasteiger partial charge in [0, 0.05) is 20.2 Å². The van der Waals surface area contributed by atoms with Crippen molar-refractivity contribution in [3.8, 4) is 0 Å². The van der Waals surface area contributed by atoms with E-state index >= 15 is 0 Å². The molecule has 1 aromatic carbocycles. The predicted molar refractivity (Wildman–Crippen MR) is 92.1 cm³/mol. The van der Waals surface area contributed by atoms with Gasteiger partial charge in [0.25, 0.3) is 11.8 Å². The highest BCUT2D eigenvalue weighted by Gasteiger charge is 2.41. The molecular weight excluding hydrogens is 304 g/mol. The molecule has 1 aromatic rings. The van der Waals surface area contributed by atoms with Crippen LogP contribution >= 0.6 is 0 Å². The molecule has 1 saturated heterocycles. The van der Waals surface area contributed by atoms with E-state index in [1.54, 1.807) is 7.11 Å². The van der Waals surface area contributed by atoms with Gasteiger partial charge in [-0.2, -0.15) is 0 Å². The number of hydrogen-bond donors (Lipinski definition) is 0. The number of aryl methyl sites for hydroxylation is 1. The summed E-state index contributed by atoms with van der Waals surface area (Å²) in [5.41, 5.74) is 3.06. The highest BCUT2D eigenvalue weighted by Crippen LogP contribution is 2.33. The Morgan fingerprint density at radius 2 is 1.67 bits per heavy atom. The first-order chi connectivity index (χ1) is 11.6. The van der Waals surface area contributed by atoms with Crippen LogP contribution in [0.4, 0.5) is 0 Å². The van der Waals surface area contributed by atoms with Crippen LogP contribution in [0.5, 0.6) is 0 Å². The van der Waals surface area contributed by atoms with E-state index in [-0.39, 0.29) is 11.8 Å². The minimum Gasteiger partial charge on any atom is -0.383 e. The summed E-state index contributed by atoms with van der Waals surface area (Å²) in [5, 5.41) is 0. The molecule has 2 heterocycles. The molecule has 2 amide bonds. The van der Waals surface area contributed by atoms with E-state index in [0.29, 0.717) is 24.4 Å². The molecule has 0 unspecified atom stereocenters. The van der Waals surface area contributed by atoms with Crippen LogP contribution in [0, 0.1) is 6.92 Å². The highest BCUT2D eigenvalue weighted by atomic mass is 16.5. The molecule has 2 aliphatic rings. The summed E-state index contributed by atoms with van der Waals surface area (Å²) in [5.74, 6) is -0.393. The lowest BCUT2D eigenvalue weighted by molar-refractivity contribution is -0.138. The van der Waals surface area contributed by atoms with Crippen LogP contribution in [0.3, 0.4) is 0 Å². The number of rotatable bonds is 5. The van der Waals surface area contributed by atoms with Gasteiger partial charge in [-0.25, -0.2) is 0 Å². The number of amides is 2. The second-order valence-electron chi connectivity index (χ2n) is 6.39. The largest absolute Gasteiger partial charge is 0.383 e. The second-order valence-corrected chi connectivity index (χ2v) is 6.39. The summed E-state index contributed by atoms with van der Waals surface area (Å²) in [6.45, 7) is 4.33. The number of benzene rings is 1. The number of carbonyl (C=O) groups is 2. The summed E-state index contributed by atoms with van der Waals surface area (Å²) >= 11 is 0. The van der Waals surface area contributed by atoms with Crippen molar-refractivity contribution < 1.29 is 14.3 Å². The lowest BCUT2D eigenvalue weighted by Crippen LogP contribution is -2.38. The normalized spacial score (nSPS) is 18.8. The SMILES string of the molecule is COCCN1C(=O)C(c2ccc(C)cc2)=C(N2CCCCC2)C1=O. The average Bonchev–Trinajstić information content (AvgIpc) is 2.85. The molecule has 0 spiro atoms. The van der Waals surface area contributed by atoms with Gasteiger partial charge < -0.3 is 9.64 Å². The Morgan fingerprint density at radius 3 is 2.29 bits per heavy atom. The van der Waals surface area contributed by atoms with Crippen molar-refractivity contribution in [1.29, 1.82) is 0 Å². The van der Waals surface area contributed by atoms with E-state index in [1.165, 1.54) is 11.3 Å². The standard InChI is InChI=1S/C19H24N2O3/c1-14-6-8-15(9-7-14)16-17(20-10-4-3-5-11-20)19(23)21(18(16)22)12-13-24-2/h6-9H,3-5,10-13H2,1-2H3. The monoisotopic (exact) mass is 328 g/mol. The first kappa shape index (κ1) is 16.7. The number of piperidine rings is 1. The van der Waals surface area contributed by atoms with Crippen LogP contribution in [-0.2, 0) is 14.3 Å². The summed E-state index contributed by atoms with van der Waals surface area (Å²) in [4.78, 5) is 29.3. The van der Waals surface area contributed by atoms with Crippen LogP contribution in [-0.4, -0.2) is 55.0 Å². The van der Waals surface area contributed by atoms with Crippen LogP contribution < -0.4 is 0 Å². The van der Waals surface area contributed by atoms with Crippen molar-refractivity contribution in [2.24, 2.45) is 0 Å².